The van der Waals surface area contributed by atoms with Crippen LogP contribution in [0.3, 0.4) is 0 Å². The summed E-state index contributed by atoms with van der Waals surface area (Å²) in [5, 5.41) is 13.0. The highest BCUT2D eigenvalue weighted by Gasteiger charge is 2.20. The average Bonchev–Trinajstić information content (AvgIpc) is 2.74. The van der Waals surface area contributed by atoms with Crippen molar-refractivity contribution < 1.29 is 9.18 Å². The molecule has 0 unspecified atom stereocenters. The lowest BCUT2D eigenvalue weighted by Crippen LogP contribution is -2.07. The van der Waals surface area contributed by atoms with Crippen LogP contribution in [0.25, 0.3) is 6.08 Å². The Bertz CT molecular complexity index is 862. The van der Waals surface area contributed by atoms with Crippen molar-refractivity contribution in [2.24, 2.45) is 0 Å². The number of aryl methyl sites for hydroxylation is 1. The van der Waals surface area contributed by atoms with Crippen molar-refractivity contribution in [1.82, 2.24) is 0 Å². The molecule has 0 fully saturated rings. The smallest absolute Gasteiger partial charge is 0.249 e. The molecule has 1 N–H and O–H groups in total. The van der Waals surface area contributed by atoms with E-state index in [0.29, 0.717) is 10.6 Å². The van der Waals surface area contributed by atoms with Gasteiger partial charge in [-0.15, -0.1) is 11.3 Å². The minimum absolute atomic E-state index is 0.168. The van der Waals surface area contributed by atoms with Crippen LogP contribution in [0, 0.1) is 17.1 Å². The largest absolute Gasteiger partial charge is 0.313 e. The van der Waals surface area contributed by atoms with E-state index in [2.05, 4.69) is 11.4 Å². The zero-order valence-corrected chi connectivity index (χ0v) is 15.0. The zero-order chi connectivity index (χ0) is 17.8. The SMILES string of the molecule is N#Cc1c(NC(=O)C=Cc2c(F)cccc2Cl)sc2c1CCCCC2. The Balaban J connectivity index is 1.80. The van der Waals surface area contributed by atoms with Crippen LogP contribution in [0.4, 0.5) is 9.39 Å². The highest BCUT2D eigenvalue weighted by molar-refractivity contribution is 7.16. The van der Waals surface area contributed by atoms with Gasteiger partial charge in [0, 0.05) is 16.5 Å². The van der Waals surface area contributed by atoms with Crippen molar-refractivity contribution in [3.05, 3.63) is 56.7 Å². The number of fused-ring (bicyclic) bond motifs is 1. The summed E-state index contributed by atoms with van der Waals surface area (Å²) in [7, 11) is 0. The van der Waals surface area contributed by atoms with Crippen LogP contribution in [0.5, 0.6) is 0 Å². The molecule has 1 heterocycles. The maximum atomic E-state index is 13.7. The molecule has 0 aliphatic heterocycles. The van der Waals surface area contributed by atoms with Gasteiger partial charge in [-0.3, -0.25) is 4.79 Å². The van der Waals surface area contributed by atoms with Crippen LogP contribution in [-0.4, -0.2) is 5.91 Å². The van der Waals surface area contributed by atoms with Gasteiger partial charge in [-0.05, 0) is 49.5 Å². The maximum Gasteiger partial charge on any atom is 0.249 e. The van der Waals surface area contributed by atoms with E-state index in [1.165, 1.54) is 46.9 Å². The molecule has 0 atom stereocenters. The number of benzene rings is 1. The number of thiophene rings is 1. The van der Waals surface area contributed by atoms with Crippen LogP contribution >= 0.6 is 22.9 Å². The lowest BCUT2D eigenvalue weighted by Gasteiger charge is -2.02. The molecule has 0 bridgehead atoms. The van der Waals surface area contributed by atoms with E-state index >= 15 is 0 Å². The maximum absolute atomic E-state index is 13.7. The van der Waals surface area contributed by atoms with Gasteiger partial charge >= 0.3 is 0 Å². The predicted molar refractivity (Wildman–Crippen MR) is 99.4 cm³/mol. The second kappa shape index (κ2) is 7.81. The fourth-order valence-electron chi connectivity index (χ4n) is 2.93. The van der Waals surface area contributed by atoms with E-state index in [9.17, 15) is 14.4 Å². The van der Waals surface area contributed by atoms with E-state index in [1.807, 2.05) is 0 Å². The van der Waals surface area contributed by atoms with Gasteiger partial charge in [0.05, 0.1) is 10.6 Å². The molecule has 1 aliphatic rings. The van der Waals surface area contributed by atoms with Crippen LogP contribution in [0.1, 0.15) is 40.8 Å². The minimum Gasteiger partial charge on any atom is -0.313 e. The third kappa shape index (κ3) is 3.92. The van der Waals surface area contributed by atoms with E-state index in [-0.39, 0.29) is 10.6 Å². The normalized spacial score (nSPS) is 14.0. The number of hydrogen-bond donors (Lipinski definition) is 1. The number of halogens is 2. The predicted octanol–water partition coefficient (Wildman–Crippen LogP) is 5.33. The summed E-state index contributed by atoms with van der Waals surface area (Å²) in [5.74, 6) is -0.899. The molecule has 0 saturated carbocycles. The number of nitrogens with zero attached hydrogens (tertiary/aromatic N) is 1. The van der Waals surface area contributed by atoms with Gasteiger partial charge in [-0.2, -0.15) is 5.26 Å². The van der Waals surface area contributed by atoms with Gasteiger partial charge in [0.15, 0.2) is 0 Å². The Hall–Kier alpha value is -2.16. The molecular weight excluding hydrogens is 359 g/mol. The molecule has 1 aromatic heterocycles. The number of rotatable bonds is 3. The molecule has 0 spiro atoms. The van der Waals surface area contributed by atoms with Gasteiger partial charge in [-0.1, -0.05) is 24.1 Å². The quantitative estimate of drug-likeness (QED) is 0.582. The number of hydrogen-bond acceptors (Lipinski definition) is 3. The average molecular weight is 375 g/mol. The van der Waals surface area contributed by atoms with Gasteiger partial charge in [-0.25, -0.2) is 4.39 Å². The first-order chi connectivity index (χ1) is 12.1. The summed E-state index contributed by atoms with van der Waals surface area (Å²) in [4.78, 5) is 13.4. The molecule has 0 saturated heterocycles. The van der Waals surface area contributed by atoms with E-state index in [4.69, 9.17) is 11.6 Å². The van der Waals surface area contributed by atoms with E-state index in [1.54, 1.807) is 6.07 Å². The third-order valence-electron chi connectivity index (χ3n) is 4.17. The molecule has 25 heavy (non-hydrogen) atoms. The van der Waals surface area contributed by atoms with Gasteiger partial charge in [0.25, 0.3) is 0 Å². The molecule has 6 heteroatoms. The van der Waals surface area contributed by atoms with Gasteiger partial charge in [0.2, 0.25) is 5.91 Å². The summed E-state index contributed by atoms with van der Waals surface area (Å²) in [6.45, 7) is 0. The molecule has 128 valence electrons. The summed E-state index contributed by atoms with van der Waals surface area (Å²) in [5.41, 5.74) is 1.80. The van der Waals surface area contributed by atoms with Gasteiger partial charge < -0.3 is 5.32 Å². The second-order valence-corrected chi connectivity index (χ2v) is 7.35. The van der Waals surface area contributed by atoms with Crippen LogP contribution in [0.15, 0.2) is 24.3 Å². The molecule has 3 rings (SSSR count). The van der Waals surface area contributed by atoms with Gasteiger partial charge in [0.1, 0.15) is 16.9 Å². The van der Waals surface area contributed by atoms with E-state index in [0.717, 1.165) is 31.2 Å². The van der Waals surface area contributed by atoms with Crippen molar-refractivity contribution in [2.45, 2.75) is 32.1 Å². The lowest BCUT2D eigenvalue weighted by molar-refractivity contribution is -0.111. The first-order valence-electron chi connectivity index (χ1n) is 8.08. The molecule has 1 aliphatic carbocycles. The van der Waals surface area contributed by atoms with Crippen molar-refractivity contribution in [2.75, 3.05) is 5.32 Å². The Morgan fingerprint density at radius 1 is 1.32 bits per heavy atom. The fourth-order valence-corrected chi connectivity index (χ4v) is 4.40. The number of amides is 1. The Morgan fingerprint density at radius 2 is 2.12 bits per heavy atom. The van der Waals surface area contributed by atoms with Crippen LogP contribution in [0.2, 0.25) is 5.02 Å². The molecule has 2 aromatic rings. The van der Waals surface area contributed by atoms with Crippen LogP contribution < -0.4 is 5.32 Å². The number of nitrogens with one attached hydrogen (secondary N) is 1. The molecule has 0 radical (unpaired) electrons. The summed E-state index contributed by atoms with van der Waals surface area (Å²) < 4.78 is 13.7. The molecule has 1 aromatic carbocycles. The summed E-state index contributed by atoms with van der Waals surface area (Å²) in [6.07, 6.45) is 7.75. The second-order valence-electron chi connectivity index (χ2n) is 5.84. The summed E-state index contributed by atoms with van der Waals surface area (Å²) >= 11 is 7.41. The van der Waals surface area contributed by atoms with Crippen LogP contribution in [-0.2, 0) is 17.6 Å². The standard InChI is InChI=1S/C19H16ClFN2OS/c20-15-6-4-7-16(21)13(15)9-10-18(24)23-19-14(11-22)12-5-2-1-3-8-17(12)25-19/h4,6-7,9-10H,1-3,5,8H2,(H,23,24). The monoisotopic (exact) mass is 374 g/mol. The number of carbonyl (C=O) groups is 1. The van der Waals surface area contributed by atoms with Crippen molar-refractivity contribution in [3.8, 4) is 6.07 Å². The van der Waals surface area contributed by atoms with E-state index < -0.39 is 11.7 Å². The topological polar surface area (TPSA) is 52.9 Å². The lowest BCUT2D eigenvalue weighted by atomic mass is 10.1. The first-order valence-corrected chi connectivity index (χ1v) is 9.27. The third-order valence-corrected chi connectivity index (χ3v) is 5.71. The zero-order valence-electron chi connectivity index (χ0n) is 13.4. The Morgan fingerprint density at radius 3 is 2.88 bits per heavy atom. The highest BCUT2D eigenvalue weighted by atomic mass is 35.5. The van der Waals surface area contributed by atoms with Crippen molar-refractivity contribution in [3.63, 3.8) is 0 Å². The fraction of sp³-hybridized carbons (Fsp3) is 0.263. The number of anilines is 1. The number of carbonyl (C=O) groups excluding carboxylic acids is 1. The van der Waals surface area contributed by atoms with Crippen molar-refractivity contribution >= 4 is 39.9 Å². The number of nitriles is 1. The van der Waals surface area contributed by atoms with Crippen molar-refractivity contribution in [1.29, 1.82) is 5.26 Å². The molecule has 1 amide bonds. The Kier molecular flexibility index (Phi) is 5.52. The Labute approximate surface area is 154 Å². The minimum atomic E-state index is -0.489. The molecule has 3 nitrogen and oxygen atoms in total. The highest BCUT2D eigenvalue weighted by Crippen LogP contribution is 2.37. The first kappa shape index (κ1) is 17.7. The molecular formula is C19H16ClFN2OS. The summed E-state index contributed by atoms with van der Waals surface area (Å²) in [6, 6.07) is 6.57.